The zero-order chi connectivity index (χ0) is 16.0. The van der Waals surface area contributed by atoms with Gasteiger partial charge in [0.25, 0.3) is 0 Å². The third-order valence-electron chi connectivity index (χ3n) is 3.16. The van der Waals surface area contributed by atoms with Gasteiger partial charge in [-0.25, -0.2) is 0 Å². The molecule has 21 heavy (non-hydrogen) atoms. The summed E-state index contributed by atoms with van der Waals surface area (Å²) in [6.07, 6.45) is -4.54. The molecule has 0 aliphatic heterocycles. The minimum Gasteiger partial charge on any atom is -0.492 e. The second kappa shape index (κ2) is 7.31. The van der Waals surface area contributed by atoms with Gasteiger partial charge in [-0.1, -0.05) is 13.8 Å². The molecule has 0 saturated heterocycles. The van der Waals surface area contributed by atoms with Crippen LogP contribution in [0.2, 0.25) is 0 Å². The summed E-state index contributed by atoms with van der Waals surface area (Å²) in [6.45, 7) is 6.86. The van der Waals surface area contributed by atoms with Crippen LogP contribution in [0.1, 0.15) is 25.0 Å². The van der Waals surface area contributed by atoms with Gasteiger partial charge in [0.15, 0.2) is 0 Å². The first kappa shape index (κ1) is 17.3. The van der Waals surface area contributed by atoms with Crippen molar-refractivity contribution in [3.05, 3.63) is 29.3 Å². The van der Waals surface area contributed by atoms with Crippen molar-refractivity contribution >= 4 is 5.84 Å². The van der Waals surface area contributed by atoms with Gasteiger partial charge in [-0.15, -0.1) is 0 Å². The van der Waals surface area contributed by atoms with Crippen LogP contribution in [-0.4, -0.2) is 37.0 Å². The van der Waals surface area contributed by atoms with Crippen LogP contribution in [0.25, 0.3) is 0 Å². The lowest BCUT2D eigenvalue weighted by Gasteiger charge is -2.18. The molecular formula is C14H20F3N3O. The monoisotopic (exact) mass is 303 g/mol. The van der Waals surface area contributed by atoms with Gasteiger partial charge in [-0.2, -0.15) is 13.2 Å². The summed E-state index contributed by atoms with van der Waals surface area (Å²) in [5.41, 5.74) is 3.94. The number of nitrogens with zero attached hydrogens (tertiary/aromatic N) is 1. The van der Waals surface area contributed by atoms with E-state index in [4.69, 9.17) is 15.9 Å². The van der Waals surface area contributed by atoms with Crippen molar-refractivity contribution in [3.63, 3.8) is 0 Å². The molecule has 0 aliphatic rings. The van der Waals surface area contributed by atoms with E-state index >= 15 is 0 Å². The van der Waals surface area contributed by atoms with Gasteiger partial charge >= 0.3 is 6.18 Å². The van der Waals surface area contributed by atoms with Crippen LogP contribution in [-0.2, 0) is 6.18 Å². The number of likely N-dealkylation sites (N-methyl/N-ethyl adjacent to an activating group) is 1. The van der Waals surface area contributed by atoms with Gasteiger partial charge in [0, 0.05) is 12.1 Å². The van der Waals surface area contributed by atoms with Gasteiger partial charge in [-0.3, -0.25) is 5.41 Å². The minimum absolute atomic E-state index is 0.278. The Morgan fingerprint density at radius 1 is 1.29 bits per heavy atom. The molecule has 0 bridgehead atoms. The van der Waals surface area contributed by atoms with Crippen molar-refractivity contribution in [2.24, 2.45) is 5.73 Å². The standard InChI is InChI=1S/C14H20F3N3O/c1-3-20(4-2)7-8-21-10-5-6-12(14(15,16)17)11(9-10)13(18)19/h5-6,9H,3-4,7-8H2,1-2H3,(H3,18,19). The Morgan fingerprint density at radius 3 is 2.38 bits per heavy atom. The van der Waals surface area contributed by atoms with Crippen molar-refractivity contribution in [2.45, 2.75) is 20.0 Å². The van der Waals surface area contributed by atoms with E-state index in [-0.39, 0.29) is 11.3 Å². The highest BCUT2D eigenvalue weighted by Gasteiger charge is 2.34. The highest BCUT2D eigenvalue weighted by Crippen LogP contribution is 2.33. The van der Waals surface area contributed by atoms with E-state index in [1.807, 2.05) is 13.8 Å². The molecule has 1 aromatic carbocycles. The quantitative estimate of drug-likeness (QED) is 0.601. The molecule has 118 valence electrons. The number of hydrogen-bond acceptors (Lipinski definition) is 3. The molecule has 0 atom stereocenters. The Labute approximate surface area is 122 Å². The molecule has 0 aliphatic carbocycles. The maximum atomic E-state index is 12.8. The molecular weight excluding hydrogens is 283 g/mol. The summed E-state index contributed by atoms with van der Waals surface area (Å²) < 4.78 is 43.8. The molecule has 1 aromatic rings. The topological polar surface area (TPSA) is 62.3 Å². The minimum atomic E-state index is -4.54. The number of halogens is 3. The fraction of sp³-hybridized carbons (Fsp3) is 0.500. The predicted molar refractivity (Wildman–Crippen MR) is 75.7 cm³/mol. The molecule has 0 heterocycles. The van der Waals surface area contributed by atoms with E-state index in [2.05, 4.69) is 4.90 Å². The number of alkyl halides is 3. The maximum absolute atomic E-state index is 12.8. The lowest BCUT2D eigenvalue weighted by molar-refractivity contribution is -0.137. The lowest BCUT2D eigenvalue weighted by Crippen LogP contribution is -2.28. The van der Waals surface area contributed by atoms with Crippen molar-refractivity contribution < 1.29 is 17.9 Å². The number of amidine groups is 1. The molecule has 7 heteroatoms. The number of rotatable bonds is 7. The van der Waals surface area contributed by atoms with Crippen molar-refractivity contribution in [1.82, 2.24) is 4.90 Å². The SMILES string of the molecule is CCN(CC)CCOc1ccc(C(F)(F)F)c(C(=N)N)c1. The predicted octanol–water partition coefficient (Wildman–Crippen LogP) is 2.71. The Hall–Kier alpha value is -1.76. The second-order valence-electron chi connectivity index (χ2n) is 4.49. The van der Waals surface area contributed by atoms with Crippen LogP contribution in [0.15, 0.2) is 18.2 Å². The summed E-state index contributed by atoms with van der Waals surface area (Å²) in [7, 11) is 0. The fourth-order valence-corrected chi connectivity index (χ4v) is 1.92. The van der Waals surface area contributed by atoms with Gasteiger partial charge in [0.05, 0.1) is 5.56 Å². The van der Waals surface area contributed by atoms with E-state index in [0.29, 0.717) is 13.2 Å². The summed E-state index contributed by atoms with van der Waals surface area (Å²) in [6, 6.07) is 3.30. The van der Waals surface area contributed by atoms with E-state index in [1.54, 1.807) is 0 Å². The normalized spacial score (nSPS) is 11.7. The largest absolute Gasteiger partial charge is 0.492 e. The Morgan fingerprint density at radius 2 is 1.90 bits per heavy atom. The molecule has 0 fully saturated rings. The van der Waals surface area contributed by atoms with Crippen molar-refractivity contribution in [2.75, 3.05) is 26.2 Å². The average Bonchev–Trinajstić information content (AvgIpc) is 2.42. The van der Waals surface area contributed by atoms with E-state index < -0.39 is 17.6 Å². The number of hydrogen-bond donors (Lipinski definition) is 2. The molecule has 0 amide bonds. The fourth-order valence-electron chi connectivity index (χ4n) is 1.92. The summed E-state index contributed by atoms with van der Waals surface area (Å²) in [5.74, 6) is -0.350. The molecule has 0 saturated carbocycles. The van der Waals surface area contributed by atoms with Crippen molar-refractivity contribution in [3.8, 4) is 5.75 Å². The van der Waals surface area contributed by atoms with Gasteiger partial charge in [-0.05, 0) is 31.3 Å². The molecule has 0 spiro atoms. The molecule has 1 rings (SSSR count). The zero-order valence-corrected chi connectivity index (χ0v) is 12.1. The molecule has 0 radical (unpaired) electrons. The first-order valence-electron chi connectivity index (χ1n) is 6.70. The zero-order valence-electron chi connectivity index (χ0n) is 12.1. The smallest absolute Gasteiger partial charge is 0.417 e. The van der Waals surface area contributed by atoms with Gasteiger partial charge in [0.2, 0.25) is 0 Å². The van der Waals surface area contributed by atoms with Crippen LogP contribution in [0.4, 0.5) is 13.2 Å². The summed E-state index contributed by atoms with van der Waals surface area (Å²) >= 11 is 0. The maximum Gasteiger partial charge on any atom is 0.417 e. The van der Waals surface area contributed by atoms with E-state index in [1.165, 1.54) is 6.07 Å². The summed E-state index contributed by atoms with van der Waals surface area (Å²) in [4.78, 5) is 2.13. The van der Waals surface area contributed by atoms with Crippen LogP contribution >= 0.6 is 0 Å². The average molecular weight is 303 g/mol. The van der Waals surface area contributed by atoms with Crippen LogP contribution < -0.4 is 10.5 Å². The third kappa shape index (κ3) is 4.93. The lowest BCUT2D eigenvalue weighted by atomic mass is 10.1. The molecule has 0 aromatic heterocycles. The number of nitrogens with one attached hydrogen (secondary N) is 1. The summed E-state index contributed by atoms with van der Waals surface area (Å²) in [5, 5.41) is 7.27. The highest BCUT2D eigenvalue weighted by molar-refractivity contribution is 5.97. The van der Waals surface area contributed by atoms with E-state index in [0.717, 1.165) is 25.2 Å². The van der Waals surface area contributed by atoms with Gasteiger partial charge < -0.3 is 15.4 Å². The molecule has 4 nitrogen and oxygen atoms in total. The first-order chi connectivity index (χ1) is 9.79. The molecule has 0 unspecified atom stereocenters. The highest BCUT2D eigenvalue weighted by atomic mass is 19.4. The third-order valence-corrected chi connectivity index (χ3v) is 3.16. The van der Waals surface area contributed by atoms with Crippen LogP contribution in [0.3, 0.4) is 0 Å². The number of nitrogens with two attached hydrogens (primary N) is 1. The second-order valence-corrected chi connectivity index (χ2v) is 4.49. The number of nitrogen functional groups attached to an aromatic ring is 1. The van der Waals surface area contributed by atoms with E-state index in [9.17, 15) is 13.2 Å². The Bertz CT molecular complexity index is 485. The Kier molecular flexibility index (Phi) is 6.02. The van der Waals surface area contributed by atoms with Gasteiger partial charge in [0.1, 0.15) is 18.2 Å². The number of benzene rings is 1. The van der Waals surface area contributed by atoms with Crippen LogP contribution in [0.5, 0.6) is 5.75 Å². The first-order valence-corrected chi connectivity index (χ1v) is 6.70. The van der Waals surface area contributed by atoms with Crippen LogP contribution in [0, 0.1) is 5.41 Å². The van der Waals surface area contributed by atoms with Crippen molar-refractivity contribution in [1.29, 1.82) is 5.41 Å². The molecule has 3 N–H and O–H groups in total. The Balaban J connectivity index is 2.82. The number of ether oxygens (including phenoxy) is 1.